The van der Waals surface area contributed by atoms with Crippen molar-refractivity contribution in [3.8, 4) is 5.75 Å². The van der Waals surface area contributed by atoms with E-state index in [1.165, 1.54) is 15.6 Å². The number of allylic oxidation sites excluding steroid dienone is 2. The van der Waals surface area contributed by atoms with E-state index in [-0.39, 0.29) is 24.0 Å². The standard InChI is InChI=1S/C17H22N6O2.C2H6/c1-22(2)16(25)10-23-9-11(8-21-23)13(17(19)20)7-14(18)12-5-3-4-6-15(12)24;1-2/h3-9,24H,10,18-20H2,1-2H3;1-2H3/b14-7-;. The largest absolute Gasteiger partial charge is 0.507 e. The van der Waals surface area contributed by atoms with Crippen molar-refractivity contribution in [2.45, 2.75) is 20.4 Å². The Morgan fingerprint density at radius 1 is 1.22 bits per heavy atom. The number of likely N-dealkylation sites (N-methyl/N-ethyl adjacent to an activating group) is 1. The number of carbonyl (C=O) groups is 1. The Morgan fingerprint density at radius 3 is 2.41 bits per heavy atom. The third kappa shape index (κ3) is 5.81. The highest BCUT2D eigenvalue weighted by atomic mass is 16.3. The molecule has 0 atom stereocenters. The molecule has 8 heteroatoms. The van der Waals surface area contributed by atoms with Crippen LogP contribution in [-0.4, -0.2) is 39.8 Å². The summed E-state index contributed by atoms with van der Waals surface area (Å²) in [6.45, 7) is 4.10. The van der Waals surface area contributed by atoms with Gasteiger partial charge in [0.25, 0.3) is 0 Å². The van der Waals surface area contributed by atoms with Crippen molar-refractivity contribution >= 4 is 17.2 Å². The van der Waals surface area contributed by atoms with E-state index in [0.29, 0.717) is 22.4 Å². The Balaban J connectivity index is 0.00000176. The first-order valence-electron chi connectivity index (χ1n) is 8.53. The third-order valence-corrected chi connectivity index (χ3v) is 3.57. The van der Waals surface area contributed by atoms with Crippen LogP contribution in [0, 0.1) is 0 Å². The second-order valence-electron chi connectivity index (χ2n) is 5.70. The fraction of sp³-hybridized carbons (Fsp3) is 0.263. The van der Waals surface area contributed by atoms with Gasteiger partial charge in [0, 0.05) is 42.7 Å². The molecule has 1 aromatic heterocycles. The second-order valence-corrected chi connectivity index (χ2v) is 5.70. The third-order valence-electron chi connectivity index (χ3n) is 3.57. The van der Waals surface area contributed by atoms with E-state index < -0.39 is 0 Å². The molecule has 0 bridgehead atoms. The zero-order valence-corrected chi connectivity index (χ0v) is 16.2. The van der Waals surface area contributed by atoms with Crippen LogP contribution in [0.1, 0.15) is 25.0 Å². The summed E-state index contributed by atoms with van der Waals surface area (Å²) in [6, 6.07) is 6.68. The number of phenolic OH excluding ortho intramolecular Hbond substituents is 1. The summed E-state index contributed by atoms with van der Waals surface area (Å²) in [5.41, 5.74) is 19.5. The van der Waals surface area contributed by atoms with Gasteiger partial charge >= 0.3 is 0 Å². The summed E-state index contributed by atoms with van der Waals surface area (Å²) in [7, 11) is 3.34. The number of hydrogen-bond donors (Lipinski definition) is 4. The Kier molecular flexibility index (Phi) is 7.93. The molecule has 0 unspecified atom stereocenters. The van der Waals surface area contributed by atoms with Gasteiger partial charge in [0.05, 0.1) is 6.20 Å². The van der Waals surface area contributed by atoms with Gasteiger partial charge in [0.1, 0.15) is 18.1 Å². The highest BCUT2D eigenvalue weighted by Crippen LogP contribution is 2.25. The van der Waals surface area contributed by atoms with Gasteiger partial charge in [-0.2, -0.15) is 5.10 Å². The summed E-state index contributed by atoms with van der Waals surface area (Å²) in [4.78, 5) is 13.2. The number of para-hydroxylation sites is 1. The number of aromatic hydroxyl groups is 1. The molecule has 2 aromatic rings. The van der Waals surface area contributed by atoms with Gasteiger partial charge in [-0.1, -0.05) is 26.0 Å². The van der Waals surface area contributed by atoms with Crippen molar-refractivity contribution in [1.29, 1.82) is 0 Å². The Labute approximate surface area is 159 Å². The van der Waals surface area contributed by atoms with Crippen LogP contribution in [0.15, 0.2) is 48.6 Å². The van der Waals surface area contributed by atoms with E-state index in [2.05, 4.69) is 5.10 Å². The minimum Gasteiger partial charge on any atom is -0.507 e. The summed E-state index contributed by atoms with van der Waals surface area (Å²) in [5.74, 6) is 0.0143. The number of nitrogens with two attached hydrogens (primary N) is 3. The van der Waals surface area contributed by atoms with Crippen molar-refractivity contribution < 1.29 is 9.90 Å². The summed E-state index contributed by atoms with van der Waals surface area (Å²) >= 11 is 0. The van der Waals surface area contributed by atoms with Crippen molar-refractivity contribution in [2.75, 3.05) is 14.1 Å². The van der Waals surface area contributed by atoms with Gasteiger partial charge in [0.2, 0.25) is 5.91 Å². The van der Waals surface area contributed by atoms with E-state index in [9.17, 15) is 9.90 Å². The van der Waals surface area contributed by atoms with Crippen LogP contribution in [0.25, 0.3) is 11.3 Å². The lowest BCUT2D eigenvalue weighted by atomic mass is 10.0. The van der Waals surface area contributed by atoms with Crippen LogP contribution in [0.4, 0.5) is 0 Å². The second kappa shape index (κ2) is 9.91. The van der Waals surface area contributed by atoms with Crippen LogP contribution in [0.2, 0.25) is 0 Å². The molecule has 7 N–H and O–H groups in total. The van der Waals surface area contributed by atoms with Crippen LogP contribution >= 0.6 is 0 Å². The van der Waals surface area contributed by atoms with Crippen molar-refractivity contribution in [3.63, 3.8) is 0 Å². The molecule has 0 saturated heterocycles. The molecule has 0 saturated carbocycles. The van der Waals surface area contributed by atoms with Crippen LogP contribution in [0.5, 0.6) is 5.75 Å². The number of hydrogen-bond acceptors (Lipinski definition) is 6. The first-order valence-corrected chi connectivity index (χ1v) is 8.53. The zero-order valence-electron chi connectivity index (χ0n) is 16.2. The highest BCUT2D eigenvalue weighted by Gasteiger charge is 2.11. The lowest BCUT2D eigenvalue weighted by Crippen LogP contribution is -2.26. The van der Waals surface area contributed by atoms with Crippen molar-refractivity contribution in [3.05, 3.63) is 59.7 Å². The predicted octanol–water partition coefficient (Wildman–Crippen LogP) is 1.29. The quantitative estimate of drug-likeness (QED) is 0.584. The molecule has 0 aliphatic carbocycles. The molecule has 1 heterocycles. The fourth-order valence-electron chi connectivity index (χ4n) is 2.15. The van der Waals surface area contributed by atoms with Gasteiger partial charge in [-0.3, -0.25) is 9.48 Å². The van der Waals surface area contributed by atoms with Crippen LogP contribution < -0.4 is 17.2 Å². The monoisotopic (exact) mass is 372 g/mol. The fourth-order valence-corrected chi connectivity index (χ4v) is 2.15. The van der Waals surface area contributed by atoms with Crippen LogP contribution in [-0.2, 0) is 11.3 Å². The molecule has 27 heavy (non-hydrogen) atoms. The number of rotatable bonds is 5. The van der Waals surface area contributed by atoms with Gasteiger partial charge in [0.15, 0.2) is 0 Å². The lowest BCUT2D eigenvalue weighted by Gasteiger charge is -2.09. The Morgan fingerprint density at radius 2 is 1.85 bits per heavy atom. The van der Waals surface area contributed by atoms with Gasteiger partial charge in [-0.15, -0.1) is 0 Å². The molecule has 0 spiro atoms. The zero-order chi connectivity index (χ0) is 20.6. The highest BCUT2D eigenvalue weighted by molar-refractivity contribution is 5.85. The summed E-state index contributed by atoms with van der Waals surface area (Å²) in [6.07, 6.45) is 4.78. The Hall–Kier alpha value is -3.42. The summed E-state index contributed by atoms with van der Waals surface area (Å²) in [5, 5.41) is 14.0. The molecule has 0 fully saturated rings. The minimum atomic E-state index is -0.0924. The molecule has 1 amide bonds. The number of amides is 1. The smallest absolute Gasteiger partial charge is 0.243 e. The van der Waals surface area contributed by atoms with E-state index in [1.807, 2.05) is 13.8 Å². The molecule has 0 aliphatic rings. The molecular weight excluding hydrogens is 344 g/mol. The SMILES string of the molecule is CC.CN(C)C(=O)Cn1cc(C(/C=C(\N)c2ccccc2O)=C(N)N)cn1. The maximum atomic E-state index is 11.8. The number of phenols is 1. The Bertz CT molecular complexity index is 832. The van der Waals surface area contributed by atoms with E-state index in [4.69, 9.17) is 17.2 Å². The normalized spacial score (nSPS) is 10.6. The molecular formula is C19H28N6O2. The number of carbonyl (C=O) groups excluding carboxylic acids is 1. The van der Waals surface area contributed by atoms with Crippen LogP contribution in [0.3, 0.4) is 0 Å². The van der Waals surface area contributed by atoms with Crippen molar-refractivity contribution in [1.82, 2.24) is 14.7 Å². The van der Waals surface area contributed by atoms with E-state index in [1.54, 1.807) is 50.8 Å². The average molecular weight is 372 g/mol. The maximum Gasteiger partial charge on any atom is 0.243 e. The maximum absolute atomic E-state index is 11.8. The lowest BCUT2D eigenvalue weighted by molar-refractivity contribution is -0.129. The molecule has 1 aromatic carbocycles. The first kappa shape index (κ1) is 21.6. The molecule has 8 nitrogen and oxygen atoms in total. The van der Waals surface area contributed by atoms with Gasteiger partial charge < -0.3 is 27.2 Å². The summed E-state index contributed by atoms with van der Waals surface area (Å²) < 4.78 is 1.49. The average Bonchev–Trinajstić information content (AvgIpc) is 3.09. The topological polar surface area (TPSA) is 136 Å². The van der Waals surface area contributed by atoms with Gasteiger partial charge in [-0.05, 0) is 18.2 Å². The molecule has 0 radical (unpaired) electrons. The number of nitrogens with zero attached hydrogens (tertiary/aromatic N) is 3. The van der Waals surface area contributed by atoms with Gasteiger partial charge in [-0.25, -0.2) is 0 Å². The van der Waals surface area contributed by atoms with E-state index >= 15 is 0 Å². The minimum absolute atomic E-state index is 0.0526. The van der Waals surface area contributed by atoms with Crippen molar-refractivity contribution in [2.24, 2.45) is 17.2 Å². The molecule has 2 rings (SSSR count). The molecule has 146 valence electrons. The van der Waals surface area contributed by atoms with E-state index in [0.717, 1.165) is 0 Å². The predicted molar refractivity (Wildman–Crippen MR) is 108 cm³/mol. The number of benzene rings is 1. The first-order chi connectivity index (χ1) is 12.8. The number of aromatic nitrogens is 2. The molecule has 0 aliphatic heterocycles.